The maximum Gasteiger partial charge on any atom is 0.321 e. The minimum absolute atomic E-state index is 0.0394. The molecule has 186 valence electrons. The monoisotopic (exact) mass is 478 g/mol. The molecule has 2 aliphatic rings. The van der Waals surface area contributed by atoms with E-state index in [-0.39, 0.29) is 11.7 Å². The Morgan fingerprint density at radius 1 is 1.23 bits per heavy atom. The molecule has 1 aromatic carbocycles. The number of pyridine rings is 1. The molecule has 2 fully saturated rings. The Kier molecular flexibility index (Phi) is 6.17. The summed E-state index contributed by atoms with van der Waals surface area (Å²) in [5, 5.41) is 31.4. The molecular formula is C27H34N4O4. The van der Waals surface area contributed by atoms with Crippen molar-refractivity contribution in [2.75, 3.05) is 11.9 Å². The molecule has 0 bridgehead atoms. The second-order valence-electron chi connectivity index (χ2n) is 10.7. The summed E-state index contributed by atoms with van der Waals surface area (Å²) in [6, 6.07) is 8.93. The largest absolute Gasteiger partial charge is 0.618 e. The Bertz CT molecular complexity index is 1230. The van der Waals surface area contributed by atoms with Crippen molar-refractivity contribution >= 4 is 22.5 Å². The van der Waals surface area contributed by atoms with Gasteiger partial charge in [0.25, 0.3) is 5.69 Å². The fraction of sp³-hybridized carbons (Fsp3) is 0.519. The number of nitrogens with one attached hydrogen (secondary N) is 1. The Balaban J connectivity index is 1.41. The van der Waals surface area contributed by atoms with E-state index in [1.165, 1.54) is 6.07 Å². The summed E-state index contributed by atoms with van der Waals surface area (Å²) in [4.78, 5) is 13.0. The van der Waals surface area contributed by atoms with Crippen LogP contribution in [0.2, 0.25) is 0 Å². The van der Waals surface area contributed by atoms with E-state index in [9.17, 15) is 15.1 Å². The van der Waals surface area contributed by atoms with Gasteiger partial charge in [-0.3, -0.25) is 9.48 Å². The smallest absolute Gasteiger partial charge is 0.321 e. The van der Waals surface area contributed by atoms with Crippen molar-refractivity contribution in [2.45, 2.75) is 70.9 Å². The van der Waals surface area contributed by atoms with Crippen LogP contribution in [0.4, 0.5) is 5.69 Å². The lowest BCUT2D eigenvalue weighted by Gasteiger charge is -2.35. The van der Waals surface area contributed by atoms with E-state index < -0.39 is 11.5 Å². The van der Waals surface area contributed by atoms with Crippen LogP contribution in [0.1, 0.15) is 74.6 Å². The Labute approximate surface area is 205 Å². The zero-order chi connectivity index (χ0) is 24.7. The molecule has 8 nitrogen and oxygen atoms in total. The van der Waals surface area contributed by atoms with Gasteiger partial charge in [0.15, 0.2) is 5.69 Å². The van der Waals surface area contributed by atoms with Gasteiger partial charge in [0.2, 0.25) is 0 Å². The van der Waals surface area contributed by atoms with Crippen LogP contribution in [-0.2, 0) is 0 Å². The van der Waals surface area contributed by atoms with Gasteiger partial charge in [-0.1, -0.05) is 0 Å². The normalized spacial score (nSPS) is 20.7. The zero-order valence-corrected chi connectivity index (χ0v) is 20.7. The van der Waals surface area contributed by atoms with Crippen LogP contribution in [0.25, 0.3) is 10.9 Å². The summed E-state index contributed by atoms with van der Waals surface area (Å²) in [6.07, 6.45) is 8.20. The SMILES string of the molecule is Cc1cccc(C(=O)Nc2cc3cn(C4CCC(C(C)(C)O)CC4)nc3cc2OCC2CC2)[n+]1[O-]. The quantitative estimate of drug-likeness (QED) is 0.384. The van der Waals surface area contributed by atoms with Gasteiger partial charge in [0.05, 0.1) is 29.5 Å². The Morgan fingerprint density at radius 2 is 1.97 bits per heavy atom. The molecule has 8 heteroatoms. The van der Waals surface area contributed by atoms with Gasteiger partial charge in [0.1, 0.15) is 5.75 Å². The van der Waals surface area contributed by atoms with Crippen LogP contribution in [-0.4, -0.2) is 33.0 Å². The topological polar surface area (TPSA) is 103 Å². The molecule has 35 heavy (non-hydrogen) atoms. The van der Waals surface area contributed by atoms with Crippen LogP contribution >= 0.6 is 0 Å². The maximum absolute atomic E-state index is 13.0. The fourth-order valence-corrected chi connectivity index (χ4v) is 4.97. The first kappa shape index (κ1) is 23.6. The molecule has 2 aromatic heterocycles. The molecule has 2 saturated carbocycles. The predicted octanol–water partition coefficient (Wildman–Crippen LogP) is 4.52. The Hall–Kier alpha value is -3.13. The standard InChI is InChI=1S/C27H34N4O4/c1-17-5-4-6-24(31(17)34)26(32)28-23-13-19-15-30(21-11-9-20(10-12-21)27(2,3)33)29-22(19)14-25(23)35-16-18-7-8-18/h4-6,13-15,18,20-21,33H,7-12,16H2,1-3H3,(H,28,32). The molecule has 0 unspecified atom stereocenters. The van der Waals surface area contributed by atoms with Crippen LogP contribution in [0.5, 0.6) is 5.75 Å². The first-order valence-electron chi connectivity index (χ1n) is 12.6. The minimum Gasteiger partial charge on any atom is -0.618 e. The van der Waals surface area contributed by atoms with E-state index in [4.69, 9.17) is 9.84 Å². The van der Waals surface area contributed by atoms with Crippen LogP contribution in [0.3, 0.4) is 0 Å². The van der Waals surface area contributed by atoms with Crippen molar-refractivity contribution in [1.82, 2.24) is 9.78 Å². The van der Waals surface area contributed by atoms with Crippen molar-refractivity contribution in [1.29, 1.82) is 0 Å². The summed E-state index contributed by atoms with van der Waals surface area (Å²) >= 11 is 0. The molecule has 0 radical (unpaired) electrons. The number of fused-ring (bicyclic) bond motifs is 1. The van der Waals surface area contributed by atoms with Crippen LogP contribution in [0, 0.1) is 24.0 Å². The van der Waals surface area contributed by atoms with E-state index in [1.54, 1.807) is 19.1 Å². The predicted molar refractivity (Wildman–Crippen MR) is 133 cm³/mol. The van der Waals surface area contributed by atoms with Crippen molar-refractivity contribution in [2.24, 2.45) is 11.8 Å². The average Bonchev–Trinajstić information content (AvgIpc) is 3.56. The highest BCUT2D eigenvalue weighted by Crippen LogP contribution is 2.39. The van der Waals surface area contributed by atoms with Gasteiger partial charge in [-0.15, -0.1) is 0 Å². The molecule has 0 aliphatic heterocycles. The first-order valence-corrected chi connectivity index (χ1v) is 12.6. The molecule has 2 N–H and O–H groups in total. The fourth-order valence-electron chi connectivity index (χ4n) is 4.97. The van der Waals surface area contributed by atoms with E-state index in [1.807, 2.05) is 36.9 Å². The second kappa shape index (κ2) is 9.15. The lowest BCUT2D eigenvalue weighted by Crippen LogP contribution is -2.39. The first-order chi connectivity index (χ1) is 16.7. The average molecular weight is 479 g/mol. The molecule has 2 heterocycles. The number of carbonyl (C=O) groups is 1. The number of anilines is 1. The van der Waals surface area contributed by atoms with Crippen LogP contribution in [0.15, 0.2) is 36.5 Å². The van der Waals surface area contributed by atoms with Crippen LogP contribution < -0.4 is 14.8 Å². The highest BCUT2D eigenvalue weighted by molar-refractivity contribution is 6.04. The van der Waals surface area contributed by atoms with Gasteiger partial charge in [0, 0.05) is 36.7 Å². The number of aromatic nitrogens is 3. The third kappa shape index (κ3) is 5.12. The molecular weight excluding hydrogens is 444 g/mol. The lowest BCUT2D eigenvalue weighted by molar-refractivity contribution is -0.614. The number of ether oxygens (including phenoxy) is 1. The summed E-state index contributed by atoms with van der Waals surface area (Å²) in [5.41, 5.74) is 1.19. The molecule has 5 rings (SSSR count). The molecule has 3 aromatic rings. The zero-order valence-electron chi connectivity index (χ0n) is 20.7. The van der Waals surface area contributed by atoms with Crippen molar-refractivity contribution in [3.05, 3.63) is 53.1 Å². The number of benzene rings is 1. The van der Waals surface area contributed by atoms with Crippen molar-refractivity contribution in [3.8, 4) is 5.75 Å². The number of nitrogens with zero attached hydrogens (tertiary/aromatic N) is 3. The number of hydrogen-bond donors (Lipinski definition) is 2. The third-order valence-electron chi connectivity index (χ3n) is 7.48. The molecule has 0 atom stereocenters. The van der Waals surface area contributed by atoms with Crippen molar-refractivity contribution in [3.63, 3.8) is 0 Å². The summed E-state index contributed by atoms with van der Waals surface area (Å²) < 4.78 is 8.75. The van der Waals surface area contributed by atoms with Gasteiger partial charge in [-0.25, -0.2) is 0 Å². The minimum atomic E-state index is -0.653. The molecule has 2 aliphatic carbocycles. The highest BCUT2D eigenvalue weighted by atomic mass is 16.5. The molecule has 1 amide bonds. The van der Waals surface area contributed by atoms with E-state index in [0.717, 1.165) is 49.4 Å². The number of rotatable bonds is 7. The summed E-state index contributed by atoms with van der Waals surface area (Å²) in [7, 11) is 0. The van der Waals surface area contributed by atoms with E-state index in [2.05, 4.69) is 5.32 Å². The molecule has 0 spiro atoms. The Morgan fingerprint density at radius 3 is 2.66 bits per heavy atom. The summed E-state index contributed by atoms with van der Waals surface area (Å²) in [6.45, 7) is 6.06. The van der Waals surface area contributed by atoms with Gasteiger partial charge in [-0.2, -0.15) is 9.83 Å². The number of hydrogen-bond acceptors (Lipinski definition) is 5. The van der Waals surface area contributed by atoms with Crippen molar-refractivity contribution < 1.29 is 19.4 Å². The summed E-state index contributed by atoms with van der Waals surface area (Å²) in [5.74, 6) is 0.951. The van der Waals surface area contributed by atoms with E-state index >= 15 is 0 Å². The number of amides is 1. The second-order valence-corrected chi connectivity index (χ2v) is 10.7. The number of aliphatic hydroxyl groups is 1. The lowest BCUT2D eigenvalue weighted by atomic mass is 9.77. The maximum atomic E-state index is 13.0. The van der Waals surface area contributed by atoms with Gasteiger partial charge < -0.3 is 20.4 Å². The van der Waals surface area contributed by atoms with Gasteiger partial charge in [-0.05, 0) is 76.3 Å². The molecule has 0 saturated heterocycles. The van der Waals surface area contributed by atoms with E-state index in [0.29, 0.717) is 40.3 Å². The third-order valence-corrected chi connectivity index (χ3v) is 7.48. The highest BCUT2D eigenvalue weighted by Gasteiger charge is 2.32. The number of carbonyl (C=O) groups excluding carboxylic acids is 1. The number of aryl methyl sites for hydroxylation is 1. The van der Waals surface area contributed by atoms with Gasteiger partial charge >= 0.3 is 5.91 Å².